The van der Waals surface area contributed by atoms with Crippen LogP contribution < -0.4 is 4.74 Å². The highest BCUT2D eigenvalue weighted by molar-refractivity contribution is 5.86. The van der Waals surface area contributed by atoms with Crippen LogP contribution in [0, 0.1) is 6.92 Å². The Morgan fingerprint density at radius 1 is 1.40 bits per heavy atom. The lowest BCUT2D eigenvalue weighted by Crippen LogP contribution is -2.07. The first-order chi connectivity index (χ1) is 9.56. The molecule has 0 fully saturated rings. The van der Waals surface area contributed by atoms with Crippen molar-refractivity contribution < 1.29 is 14.3 Å². The van der Waals surface area contributed by atoms with Gasteiger partial charge in [0.25, 0.3) is 5.82 Å². The van der Waals surface area contributed by atoms with Crippen LogP contribution in [0.3, 0.4) is 0 Å². The molecule has 0 unspecified atom stereocenters. The Hall–Kier alpha value is -2.37. The normalized spacial score (nSPS) is 10.4. The van der Waals surface area contributed by atoms with Crippen LogP contribution in [0.5, 0.6) is 5.75 Å². The van der Waals surface area contributed by atoms with Crippen molar-refractivity contribution in [2.24, 2.45) is 7.05 Å². The molecule has 0 aliphatic heterocycles. The molecule has 2 aromatic rings. The lowest BCUT2D eigenvalue weighted by molar-refractivity contribution is 0.0512. The van der Waals surface area contributed by atoms with Gasteiger partial charge >= 0.3 is 5.97 Å². The number of aromatic nitrogens is 3. The van der Waals surface area contributed by atoms with Crippen LogP contribution in [-0.4, -0.2) is 34.5 Å². The summed E-state index contributed by atoms with van der Waals surface area (Å²) < 4.78 is 11.8. The summed E-state index contributed by atoms with van der Waals surface area (Å²) in [4.78, 5) is 15.9. The third kappa shape index (κ3) is 2.64. The number of nitrogens with zero attached hydrogens (tertiary/aromatic N) is 3. The van der Waals surface area contributed by atoms with Crippen molar-refractivity contribution in [3.05, 3.63) is 29.6 Å². The molecule has 1 aromatic carbocycles. The minimum absolute atomic E-state index is 0.0490. The van der Waals surface area contributed by atoms with Gasteiger partial charge in [-0.25, -0.2) is 14.5 Å². The minimum atomic E-state index is -0.527. The summed E-state index contributed by atoms with van der Waals surface area (Å²) in [7, 11) is 3.32. The van der Waals surface area contributed by atoms with Gasteiger partial charge in [-0.15, -0.1) is 5.10 Å². The van der Waals surface area contributed by atoms with E-state index >= 15 is 0 Å². The average Bonchev–Trinajstić information content (AvgIpc) is 2.81. The minimum Gasteiger partial charge on any atom is -0.496 e. The summed E-state index contributed by atoms with van der Waals surface area (Å²) in [6, 6.07) is 5.76. The molecule has 0 N–H and O–H groups in total. The third-order valence-electron chi connectivity index (χ3n) is 2.82. The number of aryl methyl sites for hydroxylation is 2. The maximum Gasteiger partial charge on any atom is 0.378 e. The highest BCUT2D eigenvalue weighted by Gasteiger charge is 2.19. The zero-order chi connectivity index (χ0) is 14.7. The molecule has 0 amide bonds. The molecule has 0 spiro atoms. The first kappa shape index (κ1) is 14.0. The first-order valence-electron chi connectivity index (χ1n) is 6.30. The highest BCUT2D eigenvalue weighted by atomic mass is 16.5. The highest BCUT2D eigenvalue weighted by Crippen LogP contribution is 2.29. The summed E-state index contributed by atoms with van der Waals surface area (Å²) >= 11 is 0. The summed E-state index contributed by atoms with van der Waals surface area (Å²) in [5.74, 6) is 0.768. The molecule has 1 aromatic heterocycles. The Morgan fingerprint density at radius 2 is 2.15 bits per heavy atom. The SMILES string of the molecule is CCOC(=O)c1nc(-c2cc(C)ccc2OC)n(C)n1. The fraction of sp³-hybridized carbons (Fsp3) is 0.357. The predicted octanol–water partition coefficient (Wildman–Crippen LogP) is 1.98. The van der Waals surface area contributed by atoms with E-state index < -0.39 is 5.97 Å². The van der Waals surface area contributed by atoms with Gasteiger partial charge in [0.1, 0.15) is 5.75 Å². The number of methoxy groups -OCH3 is 1. The second kappa shape index (κ2) is 5.73. The number of rotatable bonds is 4. The van der Waals surface area contributed by atoms with Crippen LogP contribution in [0.4, 0.5) is 0 Å². The largest absolute Gasteiger partial charge is 0.496 e. The Balaban J connectivity index is 2.48. The Labute approximate surface area is 117 Å². The van der Waals surface area contributed by atoms with Crippen molar-refractivity contribution in [3.63, 3.8) is 0 Å². The molecule has 2 rings (SSSR count). The van der Waals surface area contributed by atoms with Gasteiger partial charge in [0.2, 0.25) is 0 Å². The number of esters is 1. The van der Waals surface area contributed by atoms with E-state index in [-0.39, 0.29) is 5.82 Å². The van der Waals surface area contributed by atoms with Gasteiger partial charge in [0.05, 0.1) is 19.3 Å². The zero-order valence-corrected chi connectivity index (χ0v) is 12.0. The van der Waals surface area contributed by atoms with Crippen molar-refractivity contribution in [3.8, 4) is 17.1 Å². The maximum absolute atomic E-state index is 11.7. The monoisotopic (exact) mass is 275 g/mol. The van der Waals surface area contributed by atoms with Gasteiger partial charge in [-0.05, 0) is 26.0 Å². The Bertz CT molecular complexity index is 635. The van der Waals surface area contributed by atoms with E-state index in [9.17, 15) is 4.79 Å². The quantitative estimate of drug-likeness (QED) is 0.798. The molecule has 0 aliphatic carbocycles. The maximum atomic E-state index is 11.7. The molecule has 6 nitrogen and oxygen atoms in total. The number of ether oxygens (including phenoxy) is 2. The third-order valence-corrected chi connectivity index (χ3v) is 2.82. The topological polar surface area (TPSA) is 66.2 Å². The first-order valence-corrected chi connectivity index (χ1v) is 6.30. The number of hydrogen-bond donors (Lipinski definition) is 0. The fourth-order valence-corrected chi connectivity index (χ4v) is 1.90. The number of carbonyl (C=O) groups excluding carboxylic acids is 1. The molecule has 106 valence electrons. The molecule has 0 bridgehead atoms. The second-order valence-corrected chi connectivity index (χ2v) is 4.31. The van der Waals surface area contributed by atoms with Gasteiger partial charge in [-0.1, -0.05) is 11.6 Å². The lowest BCUT2D eigenvalue weighted by atomic mass is 10.1. The standard InChI is InChI=1S/C14H17N3O3/c1-5-20-14(18)12-15-13(17(3)16-12)10-8-9(2)6-7-11(10)19-4/h6-8H,5H2,1-4H3. The molecule has 20 heavy (non-hydrogen) atoms. The van der Waals surface area contributed by atoms with E-state index in [1.165, 1.54) is 0 Å². The summed E-state index contributed by atoms with van der Waals surface area (Å²) in [5.41, 5.74) is 1.86. The van der Waals surface area contributed by atoms with Crippen LogP contribution >= 0.6 is 0 Å². The number of carbonyl (C=O) groups is 1. The summed E-state index contributed by atoms with van der Waals surface area (Å²) in [5, 5.41) is 4.09. The molecule has 0 radical (unpaired) electrons. The fourth-order valence-electron chi connectivity index (χ4n) is 1.90. The summed E-state index contributed by atoms with van der Waals surface area (Å²) in [6.45, 7) is 4.01. The van der Waals surface area contributed by atoms with Crippen LogP contribution in [0.2, 0.25) is 0 Å². The molecular formula is C14H17N3O3. The van der Waals surface area contributed by atoms with Gasteiger partial charge in [0, 0.05) is 7.05 Å². The smallest absolute Gasteiger partial charge is 0.378 e. The predicted molar refractivity (Wildman–Crippen MR) is 73.7 cm³/mol. The number of benzene rings is 1. The molecule has 0 atom stereocenters. The van der Waals surface area contributed by atoms with Gasteiger partial charge in [-0.2, -0.15) is 0 Å². The van der Waals surface area contributed by atoms with Crippen molar-refractivity contribution >= 4 is 5.97 Å². The van der Waals surface area contributed by atoms with Crippen LogP contribution in [0.15, 0.2) is 18.2 Å². The van der Waals surface area contributed by atoms with Crippen LogP contribution in [0.1, 0.15) is 23.1 Å². The van der Waals surface area contributed by atoms with E-state index in [4.69, 9.17) is 9.47 Å². The Morgan fingerprint density at radius 3 is 2.80 bits per heavy atom. The molecule has 6 heteroatoms. The van der Waals surface area contributed by atoms with Crippen molar-refractivity contribution in [2.75, 3.05) is 13.7 Å². The van der Waals surface area contributed by atoms with Crippen molar-refractivity contribution in [1.29, 1.82) is 0 Å². The molecular weight excluding hydrogens is 258 g/mol. The second-order valence-electron chi connectivity index (χ2n) is 4.31. The zero-order valence-electron chi connectivity index (χ0n) is 12.0. The van der Waals surface area contributed by atoms with E-state index in [1.54, 1.807) is 25.8 Å². The summed E-state index contributed by atoms with van der Waals surface area (Å²) in [6.07, 6.45) is 0. The van der Waals surface area contributed by atoms with Gasteiger partial charge < -0.3 is 9.47 Å². The van der Waals surface area contributed by atoms with Crippen LogP contribution in [0.25, 0.3) is 11.4 Å². The molecule has 0 saturated heterocycles. The van der Waals surface area contributed by atoms with Crippen molar-refractivity contribution in [1.82, 2.24) is 14.8 Å². The van der Waals surface area contributed by atoms with Crippen LogP contribution in [-0.2, 0) is 11.8 Å². The van der Waals surface area contributed by atoms with E-state index in [0.717, 1.165) is 11.1 Å². The van der Waals surface area contributed by atoms with Gasteiger partial charge in [-0.3, -0.25) is 0 Å². The van der Waals surface area contributed by atoms with E-state index in [0.29, 0.717) is 18.2 Å². The molecule has 0 aliphatic rings. The molecule has 1 heterocycles. The van der Waals surface area contributed by atoms with Crippen molar-refractivity contribution in [2.45, 2.75) is 13.8 Å². The van der Waals surface area contributed by atoms with E-state index in [1.807, 2.05) is 25.1 Å². The van der Waals surface area contributed by atoms with E-state index in [2.05, 4.69) is 10.1 Å². The average molecular weight is 275 g/mol. The Kier molecular flexibility index (Phi) is 4.02. The number of hydrogen-bond acceptors (Lipinski definition) is 5. The van der Waals surface area contributed by atoms with Gasteiger partial charge in [0.15, 0.2) is 5.82 Å². The lowest BCUT2D eigenvalue weighted by Gasteiger charge is -2.08. The molecule has 0 saturated carbocycles.